The van der Waals surface area contributed by atoms with Gasteiger partial charge in [-0.3, -0.25) is 9.59 Å². The van der Waals surface area contributed by atoms with Crippen LogP contribution in [0.2, 0.25) is 0 Å². The predicted octanol–water partition coefficient (Wildman–Crippen LogP) is 0.558. The predicted molar refractivity (Wildman–Crippen MR) is 74.5 cm³/mol. The number of aryl methyl sites for hydroxylation is 1. The molecule has 1 aromatic heterocycles. The quantitative estimate of drug-likeness (QED) is 0.709. The van der Waals surface area contributed by atoms with Gasteiger partial charge < -0.3 is 10.4 Å². The van der Waals surface area contributed by atoms with E-state index in [2.05, 4.69) is 5.32 Å². The Morgan fingerprint density at radius 2 is 2.05 bits per heavy atom. The van der Waals surface area contributed by atoms with Crippen molar-refractivity contribution in [1.29, 1.82) is 0 Å². The monoisotopic (exact) mass is 320 g/mol. The van der Waals surface area contributed by atoms with Crippen LogP contribution in [0.25, 0.3) is 0 Å². The van der Waals surface area contributed by atoms with E-state index in [9.17, 15) is 18.0 Å². The summed E-state index contributed by atoms with van der Waals surface area (Å²) in [4.78, 5) is 23.0. The summed E-state index contributed by atoms with van der Waals surface area (Å²) >= 11 is 1.05. The molecule has 0 radical (unpaired) electrons. The standard InChI is InChI=1S/C11H16N2O5S2/c1-4-12-10(14)8-5-9(7(3)19-8)20(17,18)13-6(2)11(15)16/h5-6,13H,4H2,1-3H3,(H,12,14)(H,15,16)/t6-/m1/s1. The van der Waals surface area contributed by atoms with Gasteiger partial charge in [-0.2, -0.15) is 4.72 Å². The number of carboxylic acids is 1. The highest BCUT2D eigenvalue weighted by molar-refractivity contribution is 7.89. The summed E-state index contributed by atoms with van der Waals surface area (Å²) in [5, 5.41) is 11.3. The largest absolute Gasteiger partial charge is 0.480 e. The summed E-state index contributed by atoms with van der Waals surface area (Å²) in [7, 11) is -3.96. The Kier molecular flexibility index (Phi) is 5.26. The molecule has 7 nitrogen and oxygen atoms in total. The Balaban J connectivity index is 3.07. The Morgan fingerprint density at radius 3 is 2.55 bits per heavy atom. The van der Waals surface area contributed by atoms with Crippen LogP contribution in [0, 0.1) is 6.92 Å². The molecule has 0 saturated heterocycles. The fourth-order valence-corrected chi connectivity index (χ4v) is 4.14. The van der Waals surface area contributed by atoms with E-state index in [1.165, 1.54) is 13.0 Å². The van der Waals surface area contributed by atoms with E-state index in [4.69, 9.17) is 5.11 Å². The van der Waals surface area contributed by atoms with Crippen LogP contribution in [0.4, 0.5) is 0 Å². The maximum Gasteiger partial charge on any atom is 0.321 e. The SMILES string of the molecule is CCNC(=O)c1cc(S(=O)(=O)N[C@H](C)C(=O)O)c(C)s1. The third kappa shape index (κ3) is 3.78. The van der Waals surface area contributed by atoms with Crippen molar-refractivity contribution >= 4 is 33.2 Å². The minimum absolute atomic E-state index is 0.0724. The molecule has 0 bridgehead atoms. The van der Waals surface area contributed by atoms with Crippen molar-refractivity contribution < 1.29 is 23.1 Å². The van der Waals surface area contributed by atoms with Gasteiger partial charge in [-0.05, 0) is 26.8 Å². The van der Waals surface area contributed by atoms with Crippen LogP contribution >= 0.6 is 11.3 Å². The molecule has 9 heteroatoms. The highest BCUT2D eigenvalue weighted by Crippen LogP contribution is 2.25. The van der Waals surface area contributed by atoms with Gasteiger partial charge in [0.05, 0.1) is 9.77 Å². The molecule has 1 atom stereocenters. The van der Waals surface area contributed by atoms with Crippen LogP contribution in [-0.4, -0.2) is 38.0 Å². The van der Waals surface area contributed by atoms with Crippen LogP contribution in [-0.2, 0) is 14.8 Å². The minimum atomic E-state index is -3.96. The van der Waals surface area contributed by atoms with Gasteiger partial charge in [0, 0.05) is 11.4 Å². The van der Waals surface area contributed by atoms with Crippen LogP contribution in [0.3, 0.4) is 0 Å². The van der Waals surface area contributed by atoms with E-state index >= 15 is 0 Å². The number of sulfonamides is 1. The zero-order valence-corrected chi connectivity index (χ0v) is 12.9. The number of carbonyl (C=O) groups excluding carboxylic acids is 1. The van der Waals surface area contributed by atoms with Gasteiger partial charge in [0.1, 0.15) is 6.04 Å². The number of thiophene rings is 1. The highest BCUT2D eigenvalue weighted by atomic mass is 32.2. The molecule has 20 heavy (non-hydrogen) atoms. The van der Waals surface area contributed by atoms with Crippen molar-refractivity contribution in [3.8, 4) is 0 Å². The highest BCUT2D eigenvalue weighted by Gasteiger charge is 2.26. The van der Waals surface area contributed by atoms with E-state index in [-0.39, 0.29) is 15.7 Å². The Labute approximate surface area is 121 Å². The van der Waals surface area contributed by atoms with Gasteiger partial charge in [0.15, 0.2) is 0 Å². The number of nitrogens with one attached hydrogen (secondary N) is 2. The molecule has 0 fully saturated rings. The van der Waals surface area contributed by atoms with Crippen LogP contribution < -0.4 is 10.0 Å². The molecule has 0 aliphatic carbocycles. The zero-order chi connectivity index (χ0) is 15.5. The lowest BCUT2D eigenvalue weighted by Crippen LogP contribution is -2.38. The summed E-state index contributed by atoms with van der Waals surface area (Å²) in [5.74, 6) is -1.63. The summed E-state index contributed by atoms with van der Waals surface area (Å²) in [5.41, 5.74) is 0. The Morgan fingerprint density at radius 1 is 1.45 bits per heavy atom. The normalized spacial score (nSPS) is 12.9. The molecule has 0 aromatic carbocycles. The van der Waals surface area contributed by atoms with Gasteiger partial charge in [-0.15, -0.1) is 11.3 Å². The Hall–Kier alpha value is -1.45. The average molecular weight is 320 g/mol. The number of hydrogen-bond acceptors (Lipinski definition) is 5. The third-order valence-electron chi connectivity index (χ3n) is 2.43. The summed E-state index contributed by atoms with van der Waals surface area (Å²) < 4.78 is 26.2. The minimum Gasteiger partial charge on any atom is -0.480 e. The molecule has 1 rings (SSSR count). The number of hydrogen-bond donors (Lipinski definition) is 3. The summed E-state index contributed by atoms with van der Waals surface area (Å²) in [6.07, 6.45) is 0. The van der Waals surface area contributed by atoms with E-state index in [0.717, 1.165) is 11.3 Å². The maximum atomic E-state index is 12.1. The molecule has 0 aliphatic heterocycles. The van der Waals surface area contributed by atoms with E-state index in [1.54, 1.807) is 13.8 Å². The number of aliphatic carboxylic acids is 1. The van der Waals surface area contributed by atoms with Crippen LogP contribution in [0.15, 0.2) is 11.0 Å². The van der Waals surface area contributed by atoms with Crippen molar-refractivity contribution in [3.05, 3.63) is 15.8 Å². The van der Waals surface area contributed by atoms with Gasteiger partial charge in [0.25, 0.3) is 5.91 Å². The lowest BCUT2D eigenvalue weighted by molar-refractivity contribution is -0.138. The smallest absolute Gasteiger partial charge is 0.321 e. The van der Waals surface area contributed by atoms with Gasteiger partial charge in [-0.1, -0.05) is 0 Å². The second kappa shape index (κ2) is 6.33. The molecular formula is C11H16N2O5S2. The molecule has 0 aliphatic rings. The second-order valence-electron chi connectivity index (χ2n) is 4.07. The first-order valence-electron chi connectivity index (χ1n) is 5.82. The van der Waals surface area contributed by atoms with E-state index in [0.29, 0.717) is 11.4 Å². The first-order valence-corrected chi connectivity index (χ1v) is 8.12. The first kappa shape index (κ1) is 16.6. The van der Waals surface area contributed by atoms with Crippen molar-refractivity contribution in [3.63, 3.8) is 0 Å². The van der Waals surface area contributed by atoms with Crippen molar-refractivity contribution in [2.75, 3.05) is 6.54 Å². The lowest BCUT2D eigenvalue weighted by atomic mass is 10.4. The lowest BCUT2D eigenvalue weighted by Gasteiger charge is -2.09. The molecule has 0 saturated carbocycles. The van der Waals surface area contributed by atoms with Gasteiger partial charge in [-0.25, -0.2) is 8.42 Å². The fourth-order valence-electron chi connectivity index (χ4n) is 1.44. The third-order valence-corrected chi connectivity index (χ3v) is 5.27. The molecular weight excluding hydrogens is 304 g/mol. The first-order chi connectivity index (χ1) is 9.19. The number of carbonyl (C=O) groups is 2. The van der Waals surface area contributed by atoms with Crippen molar-refractivity contribution in [1.82, 2.24) is 10.0 Å². The topological polar surface area (TPSA) is 113 Å². The molecule has 112 valence electrons. The maximum absolute atomic E-state index is 12.1. The number of carboxylic acid groups (broad SMARTS) is 1. The van der Waals surface area contributed by atoms with Crippen LogP contribution in [0.1, 0.15) is 28.4 Å². The molecule has 0 unspecified atom stereocenters. The molecule has 3 N–H and O–H groups in total. The number of rotatable bonds is 6. The molecule has 0 spiro atoms. The van der Waals surface area contributed by atoms with Gasteiger partial charge in [0.2, 0.25) is 10.0 Å². The van der Waals surface area contributed by atoms with Crippen LogP contribution in [0.5, 0.6) is 0 Å². The summed E-state index contributed by atoms with van der Waals surface area (Å²) in [6, 6.07) is 0.00857. The molecule has 1 aromatic rings. The molecule has 1 heterocycles. The Bertz CT molecular complexity index is 621. The van der Waals surface area contributed by atoms with Crippen molar-refractivity contribution in [2.45, 2.75) is 31.7 Å². The zero-order valence-electron chi connectivity index (χ0n) is 11.3. The van der Waals surface area contributed by atoms with Crippen molar-refractivity contribution in [2.24, 2.45) is 0 Å². The molecule has 1 amide bonds. The van der Waals surface area contributed by atoms with E-state index in [1.807, 2.05) is 4.72 Å². The van der Waals surface area contributed by atoms with E-state index < -0.39 is 22.0 Å². The number of amides is 1. The summed E-state index contributed by atoms with van der Waals surface area (Å²) in [6.45, 7) is 4.98. The average Bonchev–Trinajstić information content (AvgIpc) is 2.71. The van der Waals surface area contributed by atoms with Gasteiger partial charge >= 0.3 is 5.97 Å². The second-order valence-corrected chi connectivity index (χ2v) is 7.01. The fraction of sp³-hybridized carbons (Fsp3) is 0.455.